The molecule has 0 spiro atoms. The lowest BCUT2D eigenvalue weighted by Gasteiger charge is -2.16. The first-order valence-corrected chi connectivity index (χ1v) is 9.15. The molecule has 2 aromatic heterocycles. The van der Waals surface area contributed by atoms with Gasteiger partial charge in [0.2, 0.25) is 5.70 Å². The van der Waals surface area contributed by atoms with Crippen molar-refractivity contribution >= 4 is 45.7 Å². The van der Waals surface area contributed by atoms with Crippen molar-refractivity contribution in [1.29, 1.82) is 0 Å². The number of thiophene rings is 1. The molecule has 0 aliphatic carbocycles. The summed E-state index contributed by atoms with van der Waals surface area (Å²) in [7, 11) is 0. The Labute approximate surface area is 156 Å². The fraction of sp³-hybridized carbons (Fsp3) is 0.100. The first-order valence-electron chi connectivity index (χ1n) is 7.86. The van der Waals surface area contributed by atoms with E-state index >= 15 is 0 Å². The van der Waals surface area contributed by atoms with Gasteiger partial charge >= 0.3 is 0 Å². The largest absolute Gasteiger partial charge is 0.867 e. The summed E-state index contributed by atoms with van der Waals surface area (Å²) in [5.74, 6) is -0.0894. The van der Waals surface area contributed by atoms with Crippen LogP contribution in [0.15, 0.2) is 66.3 Å². The summed E-state index contributed by atoms with van der Waals surface area (Å²) >= 11 is 7.01. The highest BCUT2D eigenvalue weighted by Crippen LogP contribution is 2.22. The fourth-order valence-electron chi connectivity index (χ4n) is 2.55. The Morgan fingerprint density at radius 3 is 2.48 bits per heavy atom. The Morgan fingerprint density at radius 2 is 1.84 bits per heavy atom. The monoisotopic (exact) mass is 366 g/mol. The minimum atomic E-state index is -0.0894. The molecule has 5 heteroatoms. The highest BCUT2D eigenvalue weighted by molar-refractivity contribution is 7.81. The van der Waals surface area contributed by atoms with Crippen molar-refractivity contribution in [3.8, 4) is 0 Å². The normalized spacial score (nSPS) is 11.8. The molecule has 25 heavy (non-hydrogen) atoms. The van der Waals surface area contributed by atoms with Crippen LogP contribution in [0, 0.1) is 13.8 Å². The SMILES string of the molecule is Cc1ccc(NC(=S)C(=C([O-])c2cccs2)[n+]2ccccc2)c(C)c1. The molecule has 1 N–H and O–H groups in total. The van der Waals surface area contributed by atoms with Crippen molar-refractivity contribution in [1.82, 2.24) is 0 Å². The Kier molecular flexibility index (Phi) is 5.26. The third-order valence-corrected chi connectivity index (χ3v) is 4.94. The Morgan fingerprint density at radius 1 is 1.08 bits per heavy atom. The predicted molar refractivity (Wildman–Crippen MR) is 106 cm³/mol. The summed E-state index contributed by atoms with van der Waals surface area (Å²) in [6, 6.07) is 15.4. The van der Waals surface area contributed by atoms with E-state index in [9.17, 15) is 5.11 Å². The number of rotatable bonds is 4. The van der Waals surface area contributed by atoms with Gasteiger partial charge in [0.15, 0.2) is 17.4 Å². The Hall–Kier alpha value is -2.50. The lowest BCUT2D eigenvalue weighted by Crippen LogP contribution is -2.39. The summed E-state index contributed by atoms with van der Waals surface area (Å²) in [5.41, 5.74) is 3.62. The smallest absolute Gasteiger partial charge is 0.239 e. The molecule has 0 aliphatic heterocycles. The second-order valence-electron chi connectivity index (χ2n) is 5.71. The molecule has 3 nitrogen and oxygen atoms in total. The van der Waals surface area contributed by atoms with Gasteiger partial charge in [-0.05, 0) is 42.7 Å². The molecule has 0 saturated carbocycles. The highest BCUT2D eigenvalue weighted by atomic mass is 32.1. The van der Waals surface area contributed by atoms with E-state index in [1.165, 1.54) is 16.9 Å². The number of thiocarbonyl (C=S) groups is 1. The highest BCUT2D eigenvalue weighted by Gasteiger charge is 2.19. The number of nitrogens with one attached hydrogen (secondary N) is 1. The Balaban J connectivity index is 2.03. The lowest BCUT2D eigenvalue weighted by molar-refractivity contribution is -0.577. The number of hydrogen-bond donors (Lipinski definition) is 1. The number of anilines is 1. The van der Waals surface area contributed by atoms with Crippen LogP contribution in [0.1, 0.15) is 16.0 Å². The summed E-state index contributed by atoms with van der Waals surface area (Å²) < 4.78 is 1.76. The zero-order valence-corrected chi connectivity index (χ0v) is 15.7. The first kappa shape index (κ1) is 17.3. The van der Waals surface area contributed by atoms with E-state index in [1.54, 1.807) is 4.57 Å². The zero-order chi connectivity index (χ0) is 17.8. The van der Waals surface area contributed by atoms with Gasteiger partial charge < -0.3 is 10.4 Å². The van der Waals surface area contributed by atoms with Crippen LogP contribution in [0.5, 0.6) is 0 Å². The molecular weight excluding hydrogens is 348 g/mol. The second-order valence-corrected chi connectivity index (χ2v) is 7.07. The van der Waals surface area contributed by atoms with Crippen molar-refractivity contribution in [2.75, 3.05) is 5.32 Å². The molecule has 0 unspecified atom stereocenters. The number of aryl methyl sites for hydroxylation is 2. The van der Waals surface area contributed by atoms with Gasteiger partial charge in [-0.1, -0.05) is 42.0 Å². The van der Waals surface area contributed by atoms with Crippen molar-refractivity contribution < 1.29 is 9.67 Å². The molecule has 0 bridgehead atoms. The molecule has 0 radical (unpaired) electrons. The van der Waals surface area contributed by atoms with E-state index in [2.05, 4.69) is 11.4 Å². The van der Waals surface area contributed by atoms with Gasteiger partial charge in [-0.25, -0.2) is 0 Å². The number of nitrogens with zero attached hydrogens (tertiary/aromatic N) is 1. The maximum atomic E-state index is 13.0. The maximum absolute atomic E-state index is 13.0. The average molecular weight is 367 g/mol. The predicted octanol–water partition coefficient (Wildman–Crippen LogP) is 3.78. The molecule has 3 aromatic rings. The Bertz CT molecular complexity index is 916. The number of benzene rings is 1. The van der Waals surface area contributed by atoms with E-state index in [0.717, 1.165) is 11.3 Å². The topological polar surface area (TPSA) is 39.0 Å². The number of hydrogen-bond acceptors (Lipinski definition) is 3. The minimum Gasteiger partial charge on any atom is -0.867 e. The standard InChI is InChI=1S/C20H18N2OS2/c1-14-8-9-16(15(2)13-14)21-20(24)18(22-10-4-3-5-11-22)19(23)17-7-6-12-25-17/h3-13H,1-2H3,(H-,21,23,24). The van der Waals surface area contributed by atoms with E-state index in [0.29, 0.717) is 15.6 Å². The van der Waals surface area contributed by atoms with Crippen LogP contribution < -0.4 is 15.0 Å². The summed E-state index contributed by atoms with van der Waals surface area (Å²) in [6.07, 6.45) is 3.66. The third kappa shape index (κ3) is 3.95. The molecule has 126 valence electrons. The maximum Gasteiger partial charge on any atom is 0.239 e. The molecule has 0 atom stereocenters. The van der Waals surface area contributed by atoms with Crippen LogP contribution in [0.4, 0.5) is 5.69 Å². The summed E-state index contributed by atoms with van der Waals surface area (Å²) in [4.78, 5) is 1.07. The van der Waals surface area contributed by atoms with Crippen molar-refractivity contribution in [2.45, 2.75) is 13.8 Å². The molecule has 0 saturated heterocycles. The van der Waals surface area contributed by atoms with Gasteiger partial charge in [0, 0.05) is 22.7 Å². The van der Waals surface area contributed by atoms with Crippen LogP contribution in [0.25, 0.3) is 11.5 Å². The van der Waals surface area contributed by atoms with Crippen LogP contribution >= 0.6 is 23.6 Å². The minimum absolute atomic E-state index is 0.0894. The van der Waals surface area contributed by atoms with Crippen molar-refractivity contribution in [2.24, 2.45) is 0 Å². The van der Waals surface area contributed by atoms with E-state index in [-0.39, 0.29) is 5.76 Å². The third-order valence-electron chi connectivity index (χ3n) is 3.78. The molecular formula is C20H18N2OS2. The molecule has 3 rings (SSSR count). The first-order chi connectivity index (χ1) is 12.1. The summed E-state index contributed by atoms with van der Waals surface area (Å²) in [5, 5.41) is 18.1. The van der Waals surface area contributed by atoms with Gasteiger partial charge in [0.05, 0.1) is 0 Å². The number of pyridine rings is 1. The molecule has 0 aliphatic rings. The van der Waals surface area contributed by atoms with Crippen LogP contribution in [0.2, 0.25) is 0 Å². The van der Waals surface area contributed by atoms with Gasteiger partial charge in [-0.2, -0.15) is 4.57 Å². The van der Waals surface area contributed by atoms with Crippen molar-refractivity contribution in [3.63, 3.8) is 0 Å². The van der Waals surface area contributed by atoms with E-state index in [4.69, 9.17) is 12.2 Å². The molecule has 0 amide bonds. The average Bonchev–Trinajstić information content (AvgIpc) is 3.13. The van der Waals surface area contributed by atoms with E-state index in [1.807, 2.05) is 74.1 Å². The number of aromatic nitrogens is 1. The van der Waals surface area contributed by atoms with Gasteiger partial charge in [0.1, 0.15) is 0 Å². The van der Waals surface area contributed by atoms with E-state index < -0.39 is 0 Å². The van der Waals surface area contributed by atoms with Gasteiger partial charge in [-0.3, -0.25) is 0 Å². The van der Waals surface area contributed by atoms with Crippen LogP contribution in [-0.2, 0) is 0 Å². The quantitative estimate of drug-likeness (QED) is 0.331. The summed E-state index contributed by atoms with van der Waals surface area (Å²) in [6.45, 7) is 4.07. The van der Waals surface area contributed by atoms with Crippen LogP contribution in [-0.4, -0.2) is 4.99 Å². The molecule has 0 fully saturated rings. The van der Waals surface area contributed by atoms with Crippen molar-refractivity contribution in [3.05, 3.63) is 82.3 Å². The van der Waals surface area contributed by atoms with Gasteiger partial charge in [0.25, 0.3) is 0 Å². The lowest BCUT2D eigenvalue weighted by atomic mass is 10.1. The fourth-order valence-corrected chi connectivity index (χ4v) is 3.52. The zero-order valence-electron chi connectivity index (χ0n) is 14.0. The molecule has 1 aromatic carbocycles. The van der Waals surface area contributed by atoms with Gasteiger partial charge in [-0.15, -0.1) is 11.3 Å². The molecule has 2 heterocycles. The second kappa shape index (κ2) is 7.59. The van der Waals surface area contributed by atoms with Crippen LogP contribution in [0.3, 0.4) is 0 Å².